The zero-order chi connectivity index (χ0) is 23.1. The molecule has 1 amide bonds. The van der Waals surface area contributed by atoms with Gasteiger partial charge < -0.3 is 14.6 Å². The highest BCUT2D eigenvalue weighted by atomic mass is 16.3. The predicted molar refractivity (Wildman–Crippen MR) is 128 cm³/mol. The van der Waals surface area contributed by atoms with E-state index in [0.717, 1.165) is 23.3 Å². The van der Waals surface area contributed by atoms with Crippen molar-refractivity contribution in [3.05, 3.63) is 86.8 Å². The molecule has 0 spiro atoms. The molecule has 2 aromatic heterocycles. The summed E-state index contributed by atoms with van der Waals surface area (Å²) in [5, 5.41) is 2.89. The quantitative estimate of drug-likeness (QED) is 0.500. The number of aromatic nitrogens is 2. The molecule has 2 aromatic carbocycles. The molecule has 0 bridgehead atoms. The number of rotatable bonds is 4. The van der Waals surface area contributed by atoms with Crippen LogP contribution in [0.25, 0.3) is 16.8 Å². The Balaban J connectivity index is 1.49. The van der Waals surface area contributed by atoms with Crippen molar-refractivity contribution >= 4 is 28.4 Å². The van der Waals surface area contributed by atoms with Gasteiger partial charge in [0.2, 0.25) is 5.71 Å². The van der Waals surface area contributed by atoms with E-state index < -0.39 is 17.2 Å². The van der Waals surface area contributed by atoms with Gasteiger partial charge in [-0.1, -0.05) is 25.1 Å². The molecule has 3 heterocycles. The summed E-state index contributed by atoms with van der Waals surface area (Å²) in [7, 11) is 0. The Morgan fingerprint density at radius 1 is 1.06 bits per heavy atom. The zero-order valence-electron chi connectivity index (χ0n) is 18.4. The van der Waals surface area contributed by atoms with Crippen LogP contribution in [0.3, 0.4) is 0 Å². The Kier molecular flexibility index (Phi) is 5.12. The van der Waals surface area contributed by atoms with Crippen LogP contribution < -0.4 is 21.5 Å². The van der Waals surface area contributed by atoms with Crippen molar-refractivity contribution in [2.75, 3.05) is 23.3 Å². The fraction of sp³-hybridized carbons (Fsp3) is 0.240. The summed E-state index contributed by atoms with van der Waals surface area (Å²) >= 11 is 0. The normalized spacial score (nSPS) is 15.8. The van der Waals surface area contributed by atoms with E-state index >= 15 is 0 Å². The van der Waals surface area contributed by atoms with Crippen molar-refractivity contribution in [2.45, 2.75) is 20.3 Å². The van der Waals surface area contributed by atoms with Gasteiger partial charge in [0.1, 0.15) is 11.1 Å². The third-order valence-corrected chi connectivity index (χ3v) is 6.08. The van der Waals surface area contributed by atoms with Gasteiger partial charge in [0.25, 0.3) is 11.5 Å². The summed E-state index contributed by atoms with van der Waals surface area (Å²) in [6.07, 6.45) is 1.17. The standard InChI is InChI=1S/C25H24N4O4/c1-15-12-13-28(14-15)18-10-8-17(9-11-18)26-22(30)20-16(2)33-23-21(20)24(31)29(25(32)27-23)19-6-4-3-5-7-19/h3-11,15H,12-14H2,1-2H3,(H,26,30)(H,27,32). The van der Waals surface area contributed by atoms with Crippen LogP contribution >= 0.6 is 0 Å². The molecule has 1 aliphatic heterocycles. The number of aromatic amines is 1. The molecule has 8 heteroatoms. The summed E-state index contributed by atoms with van der Waals surface area (Å²) in [5.74, 6) is 0.453. The number of carbonyl (C=O) groups is 1. The number of fused-ring (bicyclic) bond motifs is 1. The molecule has 168 valence electrons. The maximum absolute atomic E-state index is 13.3. The Bertz CT molecular complexity index is 1450. The summed E-state index contributed by atoms with van der Waals surface area (Å²) in [6.45, 7) is 5.89. The van der Waals surface area contributed by atoms with Crippen molar-refractivity contribution in [3.8, 4) is 5.69 Å². The lowest BCUT2D eigenvalue weighted by Gasteiger charge is -2.18. The van der Waals surface area contributed by atoms with Gasteiger partial charge in [-0.3, -0.25) is 14.6 Å². The van der Waals surface area contributed by atoms with E-state index in [2.05, 4.69) is 22.1 Å². The first-order valence-corrected chi connectivity index (χ1v) is 10.9. The summed E-state index contributed by atoms with van der Waals surface area (Å²) < 4.78 is 6.57. The van der Waals surface area contributed by atoms with Gasteiger partial charge in [-0.15, -0.1) is 0 Å². The van der Waals surface area contributed by atoms with Crippen LogP contribution in [0.15, 0.2) is 68.6 Å². The lowest BCUT2D eigenvalue weighted by Crippen LogP contribution is -2.34. The largest absolute Gasteiger partial charge is 0.444 e. The maximum atomic E-state index is 13.3. The van der Waals surface area contributed by atoms with Crippen molar-refractivity contribution in [3.63, 3.8) is 0 Å². The number of hydrogen-bond acceptors (Lipinski definition) is 5. The highest BCUT2D eigenvalue weighted by molar-refractivity contribution is 6.12. The first kappa shape index (κ1) is 20.8. The molecule has 5 rings (SSSR count). The van der Waals surface area contributed by atoms with E-state index in [1.54, 1.807) is 37.3 Å². The highest BCUT2D eigenvalue weighted by Gasteiger charge is 2.24. The van der Waals surface area contributed by atoms with E-state index in [4.69, 9.17) is 4.42 Å². The van der Waals surface area contributed by atoms with Crippen molar-refractivity contribution in [1.29, 1.82) is 0 Å². The van der Waals surface area contributed by atoms with E-state index in [0.29, 0.717) is 17.3 Å². The van der Waals surface area contributed by atoms with Crippen LogP contribution in [0.1, 0.15) is 29.5 Å². The smallest absolute Gasteiger partial charge is 0.335 e. The van der Waals surface area contributed by atoms with Gasteiger partial charge in [-0.2, -0.15) is 0 Å². The molecule has 0 aliphatic carbocycles. The van der Waals surface area contributed by atoms with E-state index in [-0.39, 0.29) is 22.4 Å². The lowest BCUT2D eigenvalue weighted by atomic mass is 10.1. The third-order valence-electron chi connectivity index (χ3n) is 6.08. The predicted octanol–water partition coefficient (Wildman–Crippen LogP) is 3.68. The molecule has 1 fully saturated rings. The molecule has 1 atom stereocenters. The number of hydrogen-bond donors (Lipinski definition) is 2. The second kappa shape index (κ2) is 8.12. The average molecular weight is 444 g/mol. The molecule has 1 saturated heterocycles. The van der Waals surface area contributed by atoms with Gasteiger partial charge >= 0.3 is 5.69 Å². The minimum absolute atomic E-state index is 0.0154. The first-order valence-electron chi connectivity index (χ1n) is 10.9. The monoisotopic (exact) mass is 444 g/mol. The fourth-order valence-corrected chi connectivity index (χ4v) is 4.40. The number of carbonyl (C=O) groups excluding carboxylic acids is 1. The molecule has 1 unspecified atom stereocenters. The van der Waals surface area contributed by atoms with Gasteiger partial charge in [0.05, 0.1) is 11.3 Å². The Labute approximate surface area is 189 Å². The van der Waals surface area contributed by atoms with Crippen LogP contribution in [0.4, 0.5) is 11.4 Å². The second-order valence-electron chi connectivity index (χ2n) is 8.48. The number of nitrogens with one attached hydrogen (secondary N) is 2. The van der Waals surface area contributed by atoms with E-state index in [1.165, 1.54) is 6.42 Å². The molecular weight excluding hydrogens is 420 g/mol. The second-order valence-corrected chi connectivity index (χ2v) is 8.48. The van der Waals surface area contributed by atoms with Crippen LogP contribution in [0.2, 0.25) is 0 Å². The van der Waals surface area contributed by atoms with Crippen molar-refractivity contribution in [2.24, 2.45) is 5.92 Å². The molecule has 4 aromatic rings. The van der Waals surface area contributed by atoms with Gasteiger partial charge in [-0.25, -0.2) is 9.36 Å². The SMILES string of the molecule is Cc1oc2[nH]c(=O)n(-c3ccccc3)c(=O)c2c1C(=O)Nc1ccc(N2CCC(C)C2)cc1. The maximum Gasteiger partial charge on any atom is 0.335 e. The molecule has 33 heavy (non-hydrogen) atoms. The number of amides is 1. The van der Waals surface area contributed by atoms with Gasteiger partial charge in [-0.05, 0) is 55.7 Å². The first-order chi connectivity index (χ1) is 15.9. The fourth-order valence-electron chi connectivity index (χ4n) is 4.40. The molecular formula is C25H24N4O4. The van der Waals surface area contributed by atoms with Crippen LogP contribution in [0.5, 0.6) is 0 Å². The number of aryl methyl sites for hydroxylation is 1. The molecule has 1 aliphatic rings. The Hall–Kier alpha value is -4.07. The van der Waals surface area contributed by atoms with Crippen LogP contribution in [0, 0.1) is 12.8 Å². The van der Waals surface area contributed by atoms with E-state index in [9.17, 15) is 14.4 Å². The summed E-state index contributed by atoms with van der Waals surface area (Å²) in [6, 6.07) is 16.2. The number of para-hydroxylation sites is 1. The number of anilines is 2. The summed E-state index contributed by atoms with van der Waals surface area (Å²) in [5.41, 5.74) is 0.976. The number of furan rings is 1. The minimum atomic E-state index is -0.633. The highest BCUT2D eigenvalue weighted by Crippen LogP contribution is 2.26. The van der Waals surface area contributed by atoms with Crippen LogP contribution in [-0.4, -0.2) is 28.5 Å². The third kappa shape index (κ3) is 3.73. The molecule has 8 nitrogen and oxygen atoms in total. The van der Waals surface area contributed by atoms with E-state index in [1.807, 2.05) is 24.3 Å². The number of benzene rings is 2. The van der Waals surface area contributed by atoms with Gasteiger partial charge in [0.15, 0.2) is 0 Å². The molecule has 0 radical (unpaired) electrons. The Morgan fingerprint density at radius 3 is 2.45 bits per heavy atom. The Morgan fingerprint density at radius 2 is 1.79 bits per heavy atom. The van der Waals surface area contributed by atoms with Crippen molar-refractivity contribution < 1.29 is 9.21 Å². The van der Waals surface area contributed by atoms with Crippen molar-refractivity contribution in [1.82, 2.24) is 9.55 Å². The number of H-pyrrole nitrogens is 1. The lowest BCUT2D eigenvalue weighted by molar-refractivity contribution is 0.102. The minimum Gasteiger partial charge on any atom is -0.444 e. The average Bonchev–Trinajstić information content (AvgIpc) is 3.37. The molecule has 2 N–H and O–H groups in total. The zero-order valence-corrected chi connectivity index (χ0v) is 18.4. The van der Waals surface area contributed by atoms with Gasteiger partial charge in [0, 0.05) is 24.5 Å². The topological polar surface area (TPSA) is 100 Å². The number of nitrogens with zero attached hydrogens (tertiary/aromatic N) is 2. The van der Waals surface area contributed by atoms with Crippen LogP contribution in [-0.2, 0) is 0 Å². The molecule has 0 saturated carbocycles. The summed E-state index contributed by atoms with van der Waals surface area (Å²) in [4.78, 5) is 43.9.